The molecule has 104 valence electrons. The first kappa shape index (κ1) is 15.6. The Bertz CT molecular complexity index is 414. The average molecular weight is 264 g/mol. The van der Waals surface area contributed by atoms with Crippen molar-refractivity contribution >= 4 is 0 Å². The van der Waals surface area contributed by atoms with E-state index in [9.17, 15) is 10.2 Å². The van der Waals surface area contributed by atoms with E-state index in [1.165, 1.54) is 7.11 Å². The first-order valence-corrected chi connectivity index (χ1v) is 6.10. The molecule has 2 atom stereocenters. The largest absolute Gasteiger partial charge is 0.389 e. The maximum atomic E-state index is 10.1. The van der Waals surface area contributed by atoms with E-state index < -0.39 is 12.2 Å². The third-order valence-corrected chi connectivity index (χ3v) is 2.79. The molecular formula is C14H20N2O3. The molecule has 1 rings (SSSR count). The number of aliphatic hydroxyl groups excluding tert-OH is 2. The van der Waals surface area contributed by atoms with Gasteiger partial charge < -0.3 is 19.8 Å². The van der Waals surface area contributed by atoms with Gasteiger partial charge in [0.2, 0.25) is 0 Å². The molecular weight excluding hydrogens is 244 g/mol. The average Bonchev–Trinajstić information content (AvgIpc) is 2.38. The van der Waals surface area contributed by atoms with Gasteiger partial charge in [-0.05, 0) is 24.7 Å². The highest BCUT2D eigenvalue weighted by Crippen LogP contribution is 2.14. The monoisotopic (exact) mass is 264 g/mol. The fraction of sp³-hybridized carbons (Fsp3) is 0.500. The van der Waals surface area contributed by atoms with Crippen LogP contribution in [-0.2, 0) is 4.74 Å². The van der Waals surface area contributed by atoms with Gasteiger partial charge >= 0.3 is 0 Å². The lowest BCUT2D eigenvalue weighted by Gasteiger charge is -2.23. The maximum Gasteiger partial charge on any atom is 0.0991 e. The van der Waals surface area contributed by atoms with Crippen molar-refractivity contribution in [2.75, 3.05) is 33.9 Å². The van der Waals surface area contributed by atoms with Crippen molar-refractivity contribution in [3.8, 4) is 6.07 Å². The highest BCUT2D eigenvalue weighted by molar-refractivity contribution is 5.32. The van der Waals surface area contributed by atoms with Crippen molar-refractivity contribution in [3.05, 3.63) is 35.4 Å². The molecule has 19 heavy (non-hydrogen) atoms. The van der Waals surface area contributed by atoms with Crippen LogP contribution in [0.25, 0.3) is 0 Å². The van der Waals surface area contributed by atoms with E-state index in [1.807, 2.05) is 18.0 Å². The number of nitrogens with zero attached hydrogens (tertiary/aromatic N) is 2. The molecule has 0 spiro atoms. The summed E-state index contributed by atoms with van der Waals surface area (Å²) in [6, 6.07) is 8.87. The lowest BCUT2D eigenvalue weighted by molar-refractivity contribution is 0.0318. The molecule has 0 aliphatic carbocycles. The molecule has 0 aliphatic heterocycles. The van der Waals surface area contributed by atoms with Gasteiger partial charge in [-0.2, -0.15) is 5.26 Å². The zero-order chi connectivity index (χ0) is 14.3. The van der Waals surface area contributed by atoms with Gasteiger partial charge in [0.25, 0.3) is 0 Å². The Morgan fingerprint density at radius 2 is 1.89 bits per heavy atom. The Labute approximate surface area is 113 Å². The van der Waals surface area contributed by atoms with Gasteiger partial charge in [-0.25, -0.2) is 0 Å². The molecule has 0 saturated carbocycles. The molecule has 2 unspecified atom stereocenters. The first-order chi connectivity index (χ1) is 9.06. The summed E-state index contributed by atoms with van der Waals surface area (Å²) in [5.74, 6) is 0. The van der Waals surface area contributed by atoms with Crippen LogP contribution in [0.1, 0.15) is 17.2 Å². The number of aliphatic hydroxyl groups is 2. The van der Waals surface area contributed by atoms with Crippen LogP contribution < -0.4 is 0 Å². The summed E-state index contributed by atoms with van der Waals surface area (Å²) in [5.41, 5.74) is 1.33. The van der Waals surface area contributed by atoms with Gasteiger partial charge in [0.05, 0.1) is 30.4 Å². The Hall–Kier alpha value is -1.45. The minimum Gasteiger partial charge on any atom is -0.389 e. The number of benzene rings is 1. The highest BCUT2D eigenvalue weighted by atomic mass is 16.5. The highest BCUT2D eigenvalue weighted by Gasteiger charge is 2.13. The van der Waals surface area contributed by atoms with Crippen LogP contribution in [0.5, 0.6) is 0 Å². The first-order valence-electron chi connectivity index (χ1n) is 6.10. The van der Waals surface area contributed by atoms with Crippen LogP contribution in [0.15, 0.2) is 24.3 Å². The van der Waals surface area contributed by atoms with E-state index in [1.54, 1.807) is 24.3 Å². The summed E-state index contributed by atoms with van der Waals surface area (Å²) < 4.78 is 4.85. The quantitative estimate of drug-likeness (QED) is 0.751. The normalized spacial score (nSPS) is 14.1. The van der Waals surface area contributed by atoms with Gasteiger partial charge in [-0.3, -0.25) is 0 Å². The summed E-state index contributed by atoms with van der Waals surface area (Å²) in [6.45, 7) is 1.12. The Kier molecular flexibility index (Phi) is 6.46. The van der Waals surface area contributed by atoms with Gasteiger partial charge in [0.15, 0.2) is 0 Å². The van der Waals surface area contributed by atoms with Gasteiger partial charge in [-0.1, -0.05) is 12.1 Å². The molecule has 1 aromatic rings. The van der Waals surface area contributed by atoms with Gasteiger partial charge in [-0.15, -0.1) is 0 Å². The minimum absolute atomic E-state index is 0.275. The molecule has 0 heterocycles. The predicted molar refractivity (Wildman–Crippen MR) is 71.5 cm³/mol. The molecule has 5 nitrogen and oxygen atoms in total. The van der Waals surface area contributed by atoms with Crippen LogP contribution in [0.3, 0.4) is 0 Å². The Morgan fingerprint density at radius 3 is 2.42 bits per heavy atom. The summed E-state index contributed by atoms with van der Waals surface area (Å²) in [5, 5.41) is 28.3. The molecule has 0 aliphatic rings. The summed E-state index contributed by atoms with van der Waals surface area (Å²) in [6.07, 6.45) is -1.21. The Morgan fingerprint density at radius 1 is 1.26 bits per heavy atom. The number of methoxy groups -OCH3 is 1. The predicted octanol–water partition coefficient (Wildman–Crippen LogP) is 0.531. The molecule has 0 aromatic heterocycles. The lowest BCUT2D eigenvalue weighted by atomic mass is 10.1. The fourth-order valence-corrected chi connectivity index (χ4v) is 1.86. The zero-order valence-corrected chi connectivity index (χ0v) is 11.3. The van der Waals surface area contributed by atoms with E-state index in [0.29, 0.717) is 18.7 Å². The maximum absolute atomic E-state index is 10.1. The van der Waals surface area contributed by atoms with Crippen LogP contribution in [0.2, 0.25) is 0 Å². The van der Waals surface area contributed by atoms with Crippen molar-refractivity contribution in [2.24, 2.45) is 0 Å². The zero-order valence-electron chi connectivity index (χ0n) is 11.3. The van der Waals surface area contributed by atoms with Crippen molar-refractivity contribution in [2.45, 2.75) is 12.2 Å². The molecule has 0 bridgehead atoms. The van der Waals surface area contributed by atoms with Crippen molar-refractivity contribution in [1.29, 1.82) is 5.26 Å². The molecule has 5 heteroatoms. The van der Waals surface area contributed by atoms with Gasteiger partial charge in [0, 0.05) is 20.2 Å². The summed E-state index contributed by atoms with van der Waals surface area (Å²) in [4.78, 5) is 1.84. The number of rotatable bonds is 7. The summed E-state index contributed by atoms with van der Waals surface area (Å²) in [7, 11) is 3.36. The molecule has 0 radical (unpaired) electrons. The van der Waals surface area contributed by atoms with E-state index >= 15 is 0 Å². The molecule has 0 amide bonds. The van der Waals surface area contributed by atoms with Crippen molar-refractivity contribution in [1.82, 2.24) is 4.90 Å². The van der Waals surface area contributed by atoms with E-state index in [-0.39, 0.29) is 6.61 Å². The van der Waals surface area contributed by atoms with Crippen molar-refractivity contribution in [3.63, 3.8) is 0 Å². The third-order valence-electron chi connectivity index (χ3n) is 2.79. The van der Waals surface area contributed by atoms with Crippen molar-refractivity contribution < 1.29 is 14.9 Å². The van der Waals surface area contributed by atoms with E-state index in [2.05, 4.69) is 0 Å². The summed E-state index contributed by atoms with van der Waals surface area (Å²) >= 11 is 0. The Balaban J connectivity index is 2.49. The standard InChI is InChI=1S/C14H20N2O3/c1-16(8-13(17)10-19-2)9-14(18)12-5-3-11(7-15)4-6-12/h3-6,13-14,17-18H,8-10H2,1-2H3. The molecule has 0 fully saturated rings. The smallest absolute Gasteiger partial charge is 0.0991 e. The second kappa shape index (κ2) is 7.87. The van der Waals surface area contributed by atoms with Crippen LogP contribution >= 0.6 is 0 Å². The van der Waals surface area contributed by atoms with Crippen LogP contribution in [0, 0.1) is 11.3 Å². The minimum atomic E-state index is -0.646. The van der Waals surface area contributed by atoms with E-state index in [4.69, 9.17) is 10.00 Å². The lowest BCUT2D eigenvalue weighted by Crippen LogP contribution is -2.34. The van der Waals surface area contributed by atoms with Crippen LogP contribution in [0.4, 0.5) is 0 Å². The number of ether oxygens (including phenoxy) is 1. The SMILES string of the molecule is COCC(O)CN(C)CC(O)c1ccc(C#N)cc1. The second-order valence-corrected chi connectivity index (χ2v) is 4.58. The third kappa shape index (κ3) is 5.37. The number of hydrogen-bond donors (Lipinski definition) is 2. The molecule has 2 N–H and O–H groups in total. The van der Waals surface area contributed by atoms with Crippen LogP contribution in [-0.4, -0.2) is 55.1 Å². The number of nitriles is 1. The molecule has 0 saturated heterocycles. The fourth-order valence-electron chi connectivity index (χ4n) is 1.86. The number of likely N-dealkylation sites (N-methyl/N-ethyl adjacent to an activating group) is 1. The second-order valence-electron chi connectivity index (χ2n) is 4.58. The van der Waals surface area contributed by atoms with Gasteiger partial charge in [0.1, 0.15) is 0 Å². The molecule has 1 aromatic carbocycles. The van der Waals surface area contributed by atoms with E-state index in [0.717, 1.165) is 5.56 Å². The topological polar surface area (TPSA) is 76.7 Å². The number of hydrogen-bond acceptors (Lipinski definition) is 5.